The summed E-state index contributed by atoms with van der Waals surface area (Å²) in [4.78, 5) is 32.0. The van der Waals surface area contributed by atoms with Crippen molar-refractivity contribution in [3.05, 3.63) is 77.9 Å². The highest BCUT2D eigenvalue weighted by atomic mass is 19.1. The van der Waals surface area contributed by atoms with Gasteiger partial charge in [0.1, 0.15) is 18.1 Å². The Bertz CT molecular complexity index is 1370. The highest BCUT2D eigenvalue weighted by Gasteiger charge is 2.26. The fraction of sp³-hybridized carbons (Fsp3) is 0.240. The van der Waals surface area contributed by atoms with Gasteiger partial charge in [0.05, 0.1) is 35.8 Å². The molecule has 4 aromatic rings. The second kappa shape index (κ2) is 9.11. The van der Waals surface area contributed by atoms with Gasteiger partial charge in [0.2, 0.25) is 5.91 Å². The van der Waals surface area contributed by atoms with Crippen LogP contribution in [0.5, 0.6) is 0 Å². The zero-order chi connectivity index (χ0) is 23.7. The fourth-order valence-electron chi connectivity index (χ4n) is 4.34. The van der Waals surface area contributed by atoms with Crippen molar-refractivity contribution in [2.45, 2.75) is 12.8 Å². The number of fused-ring (bicyclic) bond motifs is 1. The number of hydrogen-bond donors (Lipinski definition) is 1. The molecule has 2 aromatic carbocycles. The molecule has 0 spiro atoms. The zero-order valence-corrected chi connectivity index (χ0v) is 18.6. The van der Waals surface area contributed by atoms with Gasteiger partial charge < -0.3 is 15.4 Å². The van der Waals surface area contributed by atoms with E-state index in [2.05, 4.69) is 24.8 Å². The van der Waals surface area contributed by atoms with Gasteiger partial charge in [-0.3, -0.25) is 14.8 Å². The molecule has 1 saturated heterocycles. The van der Waals surface area contributed by atoms with Gasteiger partial charge in [0.25, 0.3) is 0 Å². The summed E-state index contributed by atoms with van der Waals surface area (Å²) in [6.07, 6.45) is 4.48. The van der Waals surface area contributed by atoms with E-state index >= 15 is 4.39 Å². The quantitative estimate of drug-likeness (QED) is 0.490. The number of carbonyl (C=O) groups is 1. The van der Waals surface area contributed by atoms with E-state index in [0.717, 1.165) is 18.8 Å². The minimum absolute atomic E-state index is 0.261. The molecule has 8 nitrogen and oxygen atoms in total. The van der Waals surface area contributed by atoms with Crippen molar-refractivity contribution in [2.24, 2.45) is 5.73 Å². The third kappa shape index (κ3) is 4.06. The van der Waals surface area contributed by atoms with Crippen LogP contribution in [0.15, 0.2) is 55.1 Å². The Kier molecular flexibility index (Phi) is 5.85. The van der Waals surface area contributed by atoms with Gasteiger partial charge in [-0.2, -0.15) is 0 Å². The Morgan fingerprint density at radius 1 is 1.06 bits per heavy atom. The first kappa shape index (κ1) is 21.8. The van der Waals surface area contributed by atoms with Gasteiger partial charge in [0, 0.05) is 42.1 Å². The lowest BCUT2D eigenvalue weighted by atomic mass is 9.91. The molecular weight excluding hydrogens is 435 g/mol. The smallest absolute Gasteiger partial charge is 0.231 e. The molecule has 0 bridgehead atoms. The Balaban J connectivity index is 1.60. The third-order valence-corrected chi connectivity index (χ3v) is 6.05. The third-order valence-electron chi connectivity index (χ3n) is 6.05. The Morgan fingerprint density at radius 2 is 1.85 bits per heavy atom. The highest BCUT2D eigenvalue weighted by Crippen LogP contribution is 2.33. The lowest BCUT2D eigenvalue weighted by molar-refractivity contribution is -0.118. The maximum absolute atomic E-state index is 15.1. The van der Waals surface area contributed by atoms with E-state index in [1.54, 1.807) is 25.3 Å². The number of aryl methyl sites for hydroxylation is 1. The van der Waals surface area contributed by atoms with Gasteiger partial charge in [-0.15, -0.1) is 0 Å². The van der Waals surface area contributed by atoms with E-state index < -0.39 is 17.6 Å². The summed E-state index contributed by atoms with van der Waals surface area (Å²) in [6, 6.07) is 10.3. The van der Waals surface area contributed by atoms with Crippen LogP contribution in [0, 0.1) is 12.7 Å². The number of amides is 1. The largest absolute Gasteiger partial charge is 0.378 e. The lowest BCUT2D eigenvalue weighted by Gasteiger charge is -2.29. The van der Waals surface area contributed by atoms with Crippen LogP contribution in [0.4, 0.5) is 10.1 Å². The molecule has 1 aliphatic heterocycles. The monoisotopic (exact) mass is 458 g/mol. The number of aromatic nitrogens is 4. The van der Waals surface area contributed by atoms with Crippen LogP contribution in [-0.2, 0) is 9.53 Å². The second-order valence-electron chi connectivity index (χ2n) is 8.12. The number of benzene rings is 2. The first-order chi connectivity index (χ1) is 16.5. The van der Waals surface area contributed by atoms with Crippen LogP contribution >= 0.6 is 0 Å². The Hall–Kier alpha value is -3.98. The number of halogens is 1. The number of anilines is 1. The number of rotatable bonds is 5. The fourth-order valence-corrected chi connectivity index (χ4v) is 4.34. The van der Waals surface area contributed by atoms with Crippen molar-refractivity contribution in [1.29, 1.82) is 0 Å². The molecule has 5 rings (SSSR count). The molecule has 2 N–H and O–H groups in total. The van der Waals surface area contributed by atoms with Crippen LogP contribution in [0.1, 0.15) is 22.9 Å². The SMILES string of the molecule is Cc1nccnc1C(C(N)=O)c1ccc(F)c(-c2ncnc3cc(N4CCOCC4)ccc23)c1. The Labute approximate surface area is 195 Å². The van der Waals surface area contributed by atoms with Crippen molar-refractivity contribution in [3.8, 4) is 11.3 Å². The number of nitrogens with zero attached hydrogens (tertiary/aromatic N) is 5. The molecule has 0 saturated carbocycles. The van der Waals surface area contributed by atoms with E-state index in [1.165, 1.54) is 18.6 Å². The molecule has 172 valence electrons. The van der Waals surface area contributed by atoms with Crippen LogP contribution < -0.4 is 10.6 Å². The van der Waals surface area contributed by atoms with Gasteiger partial charge in [0.15, 0.2) is 0 Å². The van der Waals surface area contributed by atoms with Crippen LogP contribution in [0.3, 0.4) is 0 Å². The van der Waals surface area contributed by atoms with Gasteiger partial charge in [-0.1, -0.05) is 6.07 Å². The normalized spacial score (nSPS) is 14.8. The summed E-state index contributed by atoms with van der Waals surface area (Å²) in [6.45, 7) is 4.72. The molecular formula is C25H23FN6O2. The number of hydrogen-bond acceptors (Lipinski definition) is 7. The average Bonchev–Trinajstić information content (AvgIpc) is 2.86. The van der Waals surface area contributed by atoms with E-state index in [1.807, 2.05) is 18.2 Å². The number of nitrogens with two attached hydrogens (primary N) is 1. The van der Waals surface area contributed by atoms with Crippen molar-refractivity contribution in [2.75, 3.05) is 31.2 Å². The molecule has 1 fully saturated rings. The molecule has 9 heteroatoms. The summed E-state index contributed by atoms with van der Waals surface area (Å²) < 4.78 is 20.5. The van der Waals surface area contributed by atoms with Crippen LogP contribution in [0.2, 0.25) is 0 Å². The van der Waals surface area contributed by atoms with Crippen LogP contribution in [0.25, 0.3) is 22.2 Å². The minimum Gasteiger partial charge on any atom is -0.378 e. The van der Waals surface area contributed by atoms with E-state index in [-0.39, 0.29) is 5.56 Å². The summed E-state index contributed by atoms with van der Waals surface area (Å²) in [7, 11) is 0. The molecule has 1 aliphatic rings. The topological polar surface area (TPSA) is 107 Å². The van der Waals surface area contributed by atoms with Crippen molar-refractivity contribution in [3.63, 3.8) is 0 Å². The second-order valence-corrected chi connectivity index (χ2v) is 8.12. The first-order valence-electron chi connectivity index (χ1n) is 11.0. The maximum Gasteiger partial charge on any atom is 0.231 e. The van der Waals surface area contributed by atoms with Gasteiger partial charge >= 0.3 is 0 Å². The maximum atomic E-state index is 15.1. The number of ether oxygens (including phenoxy) is 1. The predicted octanol–water partition coefficient (Wildman–Crippen LogP) is 2.99. The molecule has 0 radical (unpaired) electrons. The highest BCUT2D eigenvalue weighted by molar-refractivity contribution is 5.94. The van der Waals surface area contributed by atoms with Gasteiger partial charge in [-0.25, -0.2) is 14.4 Å². The Morgan fingerprint density at radius 3 is 2.62 bits per heavy atom. The molecule has 1 amide bonds. The van der Waals surface area contributed by atoms with Crippen LogP contribution in [-0.4, -0.2) is 52.1 Å². The van der Waals surface area contributed by atoms with Crippen molar-refractivity contribution < 1.29 is 13.9 Å². The minimum atomic E-state index is -0.867. The lowest BCUT2D eigenvalue weighted by Crippen LogP contribution is -2.36. The van der Waals surface area contributed by atoms with Crippen molar-refractivity contribution >= 4 is 22.5 Å². The molecule has 1 unspecified atom stereocenters. The summed E-state index contributed by atoms with van der Waals surface area (Å²) in [5.41, 5.74) is 9.71. The number of primary amides is 1. The first-order valence-corrected chi connectivity index (χ1v) is 11.0. The summed E-state index contributed by atoms with van der Waals surface area (Å²) in [5, 5.41) is 0.710. The van der Waals surface area contributed by atoms with E-state index in [4.69, 9.17) is 10.5 Å². The number of carbonyl (C=O) groups excluding carboxylic acids is 1. The molecule has 1 atom stereocenters. The molecule has 34 heavy (non-hydrogen) atoms. The van der Waals surface area contributed by atoms with E-state index in [0.29, 0.717) is 46.8 Å². The van der Waals surface area contributed by atoms with E-state index in [9.17, 15) is 4.79 Å². The molecule has 0 aliphatic carbocycles. The predicted molar refractivity (Wildman–Crippen MR) is 126 cm³/mol. The summed E-state index contributed by atoms with van der Waals surface area (Å²) in [5.74, 6) is -1.92. The number of morpholine rings is 1. The molecule has 3 heterocycles. The zero-order valence-electron chi connectivity index (χ0n) is 18.6. The van der Waals surface area contributed by atoms with Gasteiger partial charge in [-0.05, 0) is 42.8 Å². The molecule has 2 aromatic heterocycles. The standard InChI is InChI=1S/C25H23FN6O2/c1-15-23(29-7-6-28-15)22(25(27)33)16-2-5-20(26)19(12-16)24-18-4-3-17(13-21(18)30-14-31-24)32-8-10-34-11-9-32/h2-7,12-14,22H,8-11H2,1H3,(H2,27,33). The average molecular weight is 458 g/mol. The summed E-state index contributed by atoms with van der Waals surface area (Å²) >= 11 is 0. The van der Waals surface area contributed by atoms with Crippen molar-refractivity contribution in [1.82, 2.24) is 19.9 Å².